The Bertz CT molecular complexity index is 357. The van der Waals surface area contributed by atoms with E-state index in [2.05, 4.69) is 31.7 Å². The molecule has 0 aliphatic rings. The zero-order valence-electron chi connectivity index (χ0n) is 12.7. The molecule has 114 valence electrons. The summed E-state index contributed by atoms with van der Waals surface area (Å²) in [6, 6.07) is 10.1. The molecule has 2 N–H and O–H groups in total. The summed E-state index contributed by atoms with van der Waals surface area (Å²) in [7, 11) is 0. The van der Waals surface area contributed by atoms with Crippen molar-refractivity contribution in [1.29, 1.82) is 0 Å². The second-order valence-electron chi connectivity index (χ2n) is 4.21. The fraction of sp³-hybridized carbons (Fsp3) is 0.562. The third kappa shape index (κ3) is 7.36. The standard InChI is InChI=1S/C14H21NOS2.C2H6/c1-2-3-9-12(16)14(15)18-13(10-17)11-7-5-4-6-8-11;1-2/h4-8,13-14,17H,2-3,9-10,15H2,1H3;1-2H3. The second kappa shape index (κ2) is 12.3. The lowest BCUT2D eigenvalue weighted by Crippen LogP contribution is -2.28. The summed E-state index contributed by atoms with van der Waals surface area (Å²) >= 11 is 5.86. The van der Waals surface area contributed by atoms with Crippen molar-refractivity contribution in [3.63, 3.8) is 0 Å². The number of hydrogen-bond donors (Lipinski definition) is 2. The van der Waals surface area contributed by atoms with Gasteiger partial charge in [-0.1, -0.05) is 57.5 Å². The number of nitrogens with two attached hydrogens (primary N) is 1. The Labute approximate surface area is 133 Å². The van der Waals surface area contributed by atoms with Crippen molar-refractivity contribution < 1.29 is 4.79 Å². The highest BCUT2D eigenvalue weighted by Gasteiger charge is 2.19. The van der Waals surface area contributed by atoms with Crippen LogP contribution in [0, 0.1) is 0 Å². The van der Waals surface area contributed by atoms with Gasteiger partial charge < -0.3 is 5.73 Å². The number of carbonyl (C=O) groups excluding carboxylic acids is 1. The van der Waals surface area contributed by atoms with Gasteiger partial charge in [-0.25, -0.2) is 0 Å². The molecule has 0 saturated carbocycles. The zero-order valence-corrected chi connectivity index (χ0v) is 14.4. The van der Waals surface area contributed by atoms with Crippen LogP contribution in [-0.2, 0) is 4.79 Å². The molecular formula is C16H27NOS2. The third-order valence-electron chi connectivity index (χ3n) is 2.74. The monoisotopic (exact) mass is 313 g/mol. The molecule has 0 aliphatic carbocycles. The fourth-order valence-electron chi connectivity index (χ4n) is 1.64. The minimum atomic E-state index is -0.436. The Kier molecular flexibility index (Phi) is 12.0. The SMILES string of the molecule is CC.CCCCC(=O)C(N)SC(CS)c1ccccc1. The summed E-state index contributed by atoms with van der Waals surface area (Å²) in [5.74, 6) is 0.827. The molecule has 0 heterocycles. The van der Waals surface area contributed by atoms with Crippen molar-refractivity contribution in [2.24, 2.45) is 5.73 Å². The van der Waals surface area contributed by atoms with Crippen LogP contribution >= 0.6 is 24.4 Å². The fourth-order valence-corrected chi connectivity index (χ4v) is 3.13. The highest BCUT2D eigenvalue weighted by atomic mass is 32.2. The Balaban J connectivity index is 0.00000172. The van der Waals surface area contributed by atoms with Gasteiger partial charge in [0, 0.05) is 17.4 Å². The molecule has 0 saturated heterocycles. The number of hydrogen-bond acceptors (Lipinski definition) is 4. The molecule has 2 nitrogen and oxygen atoms in total. The van der Waals surface area contributed by atoms with Gasteiger partial charge in [-0.3, -0.25) is 4.79 Å². The van der Waals surface area contributed by atoms with Gasteiger partial charge in [0.25, 0.3) is 0 Å². The van der Waals surface area contributed by atoms with Gasteiger partial charge in [0.05, 0.1) is 0 Å². The van der Waals surface area contributed by atoms with Crippen molar-refractivity contribution in [2.45, 2.75) is 50.7 Å². The van der Waals surface area contributed by atoms with E-state index < -0.39 is 5.37 Å². The van der Waals surface area contributed by atoms with E-state index in [1.54, 1.807) is 0 Å². The minimum Gasteiger partial charge on any atom is -0.313 e. The maximum Gasteiger partial charge on any atom is 0.159 e. The normalized spacial score (nSPS) is 13.1. The average molecular weight is 314 g/mol. The first-order valence-electron chi connectivity index (χ1n) is 7.28. The van der Waals surface area contributed by atoms with Gasteiger partial charge in [0.2, 0.25) is 0 Å². The molecule has 1 aromatic rings. The highest BCUT2D eigenvalue weighted by Crippen LogP contribution is 2.32. The summed E-state index contributed by atoms with van der Waals surface area (Å²) < 4.78 is 0. The van der Waals surface area contributed by atoms with E-state index in [0.717, 1.165) is 12.8 Å². The number of thioether (sulfide) groups is 1. The third-order valence-corrected chi connectivity index (χ3v) is 4.68. The van der Waals surface area contributed by atoms with E-state index in [0.29, 0.717) is 12.2 Å². The van der Waals surface area contributed by atoms with Gasteiger partial charge in [-0.15, -0.1) is 11.8 Å². The molecule has 0 bridgehead atoms. The molecule has 0 aromatic heterocycles. The Hall–Kier alpha value is -0.450. The molecule has 0 spiro atoms. The van der Waals surface area contributed by atoms with Crippen molar-refractivity contribution in [3.05, 3.63) is 35.9 Å². The highest BCUT2D eigenvalue weighted by molar-refractivity contribution is 8.01. The van der Waals surface area contributed by atoms with Crippen LogP contribution in [-0.4, -0.2) is 16.9 Å². The van der Waals surface area contributed by atoms with Crippen LogP contribution in [0.25, 0.3) is 0 Å². The summed E-state index contributed by atoms with van der Waals surface area (Å²) in [5, 5.41) is -0.260. The number of unbranched alkanes of at least 4 members (excludes halogenated alkanes) is 1. The molecule has 0 radical (unpaired) electrons. The molecule has 0 aliphatic heterocycles. The zero-order chi connectivity index (χ0) is 15.4. The molecule has 2 atom stereocenters. The summed E-state index contributed by atoms with van der Waals surface area (Å²) in [6.45, 7) is 6.08. The smallest absolute Gasteiger partial charge is 0.159 e. The molecule has 1 rings (SSSR count). The van der Waals surface area contributed by atoms with E-state index in [4.69, 9.17) is 5.73 Å². The lowest BCUT2D eigenvalue weighted by molar-refractivity contribution is -0.118. The molecule has 20 heavy (non-hydrogen) atoms. The van der Waals surface area contributed by atoms with E-state index in [1.165, 1.54) is 17.3 Å². The number of benzene rings is 1. The first-order chi connectivity index (χ1) is 9.69. The summed E-state index contributed by atoms with van der Waals surface area (Å²) in [4.78, 5) is 11.8. The minimum absolute atomic E-state index is 0.143. The predicted octanol–water partition coefficient (Wildman–Crippen LogP) is 4.46. The molecule has 0 fully saturated rings. The maximum atomic E-state index is 11.8. The molecule has 2 unspecified atom stereocenters. The average Bonchev–Trinajstić information content (AvgIpc) is 2.52. The lowest BCUT2D eigenvalue weighted by atomic mass is 10.2. The largest absolute Gasteiger partial charge is 0.313 e. The van der Waals surface area contributed by atoms with Crippen molar-refractivity contribution in [2.75, 3.05) is 5.75 Å². The van der Waals surface area contributed by atoms with Crippen LogP contribution in [0.3, 0.4) is 0 Å². The summed E-state index contributed by atoms with van der Waals surface area (Å²) in [5.41, 5.74) is 7.13. The number of rotatable bonds is 8. The van der Waals surface area contributed by atoms with Gasteiger partial charge in [0.1, 0.15) is 5.37 Å². The number of Topliss-reactive ketones (excluding diaryl/α,β-unsaturated/α-hetero) is 1. The van der Waals surface area contributed by atoms with Gasteiger partial charge in [0.15, 0.2) is 5.78 Å². The van der Waals surface area contributed by atoms with Crippen LogP contribution in [0.4, 0.5) is 0 Å². The van der Waals surface area contributed by atoms with Gasteiger partial charge in [-0.05, 0) is 12.0 Å². The van der Waals surface area contributed by atoms with Crippen molar-refractivity contribution in [3.8, 4) is 0 Å². The van der Waals surface area contributed by atoms with Gasteiger partial charge in [-0.2, -0.15) is 12.6 Å². The first kappa shape index (κ1) is 19.6. The number of thiol groups is 1. The topological polar surface area (TPSA) is 43.1 Å². The van der Waals surface area contributed by atoms with Crippen LogP contribution in [0.15, 0.2) is 30.3 Å². The summed E-state index contributed by atoms with van der Waals surface area (Å²) in [6.07, 6.45) is 2.53. The van der Waals surface area contributed by atoms with Crippen LogP contribution < -0.4 is 5.73 Å². The predicted molar refractivity (Wildman–Crippen MR) is 94.5 cm³/mol. The molecule has 1 aromatic carbocycles. The Morgan fingerprint density at radius 3 is 2.40 bits per heavy atom. The maximum absolute atomic E-state index is 11.8. The second-order valence-corrected chi connectivity index (χ2v) is 5.92. The number of carbonyl (C=O) groups is 1. The molecule has 4 heteroatoms. The van der Waals surface area contributed by atoms with E-state index in [-0.39, 0.29) is 11.0 Å². The van der Waals surface area contributed by atoms with Crippen molar-refractivity contribution in [1.82, 2.24) is 0 Å². The Morgan fingerprint density at radius 1 is 1.30 bits per heavy atom. The molecule has 0 amide bonds. The number of ketones is 1. The quantitative estimate of drug-likeness (QED) is 0.550. The van der Waals surface area contributed by atoms with E-state index in [9.17, 15) is 4.79 Å². The van der Waals surface area contributed by atoms with Gasteiger partial charge >= 0.3 is 0 Å². The lowest BCUT2D eigenvalue weighted by Gasteiger charge is -2.18. The van der Waals surface area contributed by atoms with Crippen LogP contribution in [0.5, 0.6) is 0 Å². The van der Waals surface area contributed by atoms with Crippen LogP contribution in [0.1, 0.15) is 50.8 Å². The Morgan fingerprint density at radius 2 is 1.90 bits per heavy atom. The first-order valence-corrected chi connectivity index (χ1v) is 8.86. The molecular weight excluding hydrogens is 286 g/mol. The van der Waals surface area contributed by atoms with E-state index >= 15 is 0 Å². The van der Waals surface area contributed by atoms with E-state index in [1.807, 2.05) is 32.0 Å². The van der Waals surface area contributed by atoms with Crippen LogP contribution in [0.2, 0.25) is 0 Å². The van der Waals surface area contributed by atoms with Crippen molar-refractivity contribution >= 4 is 30.2 Å².